The van der Waals surface area contributed by atoms with E-state index in [1.807, 2.05) is 26.1 Å². The second kappa shape index (κ2) is 15.1. The van der Waals surface area contributed by atoms with E-state index in [0.717, 1.165) is 53.6 Å². The number of carbonyl (C=O) groups is 1. The average Bonchev–Trinajstić information content (AvgIpc) is 3.76. The predicted molar refractivity (Wildman–Crippen MR) is 198 cm³/mol. The zero-order chi connectivity index (χ0) is 37.3. The van der Waals surface area contributed by atoms with Gasteiger partial charge in [-0.1, -0.05) is 37.5 Å². The smallest absolute Gasteiger partial charge is 0.318 e. The molecule has 4 atom stereocenters. The Morgan fingerprint density at radius 1 is 1.28 bits per heavy atom. The minimum absolute atomic E-state index is 0.123. The number of ether oxygens (including phenoxy) is 1. The number of pyridine rings is 1. The van der Waals surface area contributed by atoms with Crippen molar-refractivity contribution in [1.82, 2.24) is 29.7 Å². The Hall–Kier alpha value is -4.44. The molecule has 1 amide bonds. The van der Waals surface area contributed by atoms with Crippen LogP contribution >= 0.6 is 0 Å². The van der Waals surface area contributed by atoms with Crippen LogP contribution in [0.5, 0.6) is 6.01 Å². The molecule has 0 radical (unpaired) electrons. The number of hydrogen-bond donors (Lipinski definition) is 2. The van der Waals surface area contributed by atoms with Crippen LogP contribution < -0.4 is 10.1 Å². The number of alkyl halides is 1. The van der Waals surface area contributed by atoms with Gasteiger partial charge in [-0.05, 0) is 73.9 Å². The van der Waals surface area contributed by atoms with Crippen molar-refractivity contribution in [3.63, 3.8) is 0 Å². The summed E-state index contributed by atoms with van der Waals surface area (Å²) in [6.07, 6.45) is 14.6. The van der Waals surface area contributed by atoms with Crippen LogP contribution in [0.3, 0.4) is 0 Å². The largest absolute Gasteiger partial charge is 0.461 e. The molecule has 1 aromatic carbocycles. The van der Waals surface area contributed by atoms with Crippen LogP contribution in [-0.2, 0) is 30.7 Å². The number of aromatic nitrogens is 3. The number of benzene rings is 1. The molecule has 3 aromatic rings. The van der Waals surface area contributed by atoms with Crippen molar-refractivity contribution in [2.75, 3.05) is 38.6 Å². The third-order valence-corrected chi connectivity index (χ3v) is 12.0. The molecule has 2 N–H and O–H groups in total. The van der Waals surface area contributed by atoms with Gasteiger partial charge in [-0.2, -0.15) is 9.97 Å². The number of amides is 1. The van der Waals surface area contributed by atoms with Gasteiger partial charge in [-0.15, -0.1) is 6.42 Å². The molecule has 0 bridgehead atoms. The summed E-state index contributed by atoms with van der Waals surface area (Å²) < 4.78 is 36.4. The second-order valence-corrected chi connectivity index (χ2v) is 15.5. The molecule has 7 rings (SSSR count). The second-order valence-electron chi connectivity index (χ2n) is 15.5. The van der Waals surface area contributed by atoms with E-state index in [-0.39, 0.29) is 36.7 Å². The van der Waals surface area contributed by atoms with Crippen molar-refractivity contribution < 1.29 is 23.4 Å². The normalized spacial score (nSPS) is 25.2. The van der Waals surface area contributed by atoms with Gasteiger partial charge in [-0.3, -0.25) is 19.6 Å². The predicted octanol–water partition coefficient (Wildman–Crippen LogP) is 5.15. The summed E-state index contributed by atoms with van der Waals surface area (Å²) in [5.41, 5.74) is 3.53. The van der Waals surface area contributed by atoms with Crippen molar-refractivity contribution >= 4 is 11.7 Å². The molecule has 1 saturated heterocycles. The third kappa shape index (κ3) is 7.39. The first-order valence-corrected chi connectivity index (χ1v) is 18.7. The molecule has 1 saturated carbocycles. The number of nitrogens with zero attached hydrogens (tertiary/aromatic N) is 6. The van der Waals surface area contributed by atoms with Gasteiger partial charge < -0.3 is 20.1 Å². The number of likely N-dealkylation sites (tertiary alicyclic amines) is 1. The first-order valence-electron chi connectivity index (χ1n) is 18.7. The monoisotopic (exact) mass is 725 g/mol. The van der Waals surface area contributed by atoms with Gasteiger partial charge in [0, 0.05) is 70.2 Å². The fourth-order valence-corrected chi connectivity index (χ4v) is 9.04. The van der Waals surface area contributed by atoms with E-state index < -0.39 is 29.2 Å². The number of hydrogen-bond acceptors (Lipinski definition) is 9. The molecular formula is C41H49F2N7O3. The third-order valence-electron chi connectivity index (χ3n) is 12.0. The number of aliphatic hydroxyl groups is 1. The van der Waals surface area contributed by atoms with Gasteiger partial charge in [0.05, 0.1) is 28.4 Å². The number of rotatable bonds is 11. The van der Waals surface area contributed by atoms with E-state index in [2.05, 4.69) is 32.6 Å². The number of likely N-dealkylation sites (N-methyl/N-ethyl adjacent to an activating group) is 1. The van der Waals surface area contributed by atoms with Crippen LogP contribution in [0, 0.1) is 18.2 Å². The minimum atomic E-state index is -1.00. The van der Waals surface area contributed by atoms with Crippen molar-refractivity contribution in [2.24, 2.45) is 0 Å². The van der Waals surface area contributed by atoms with Crippen LogP contribution in [-0.4, -0.2) is 97.3 Å². The lowest BCUT2D eigenvalue weighted by Gasteiger charge is -2.41. The Morgan fingerprint density at radius 2 is 2.09 bits per heavy atom. The van der Waals surface area contributed by atoms with Crippen molar-refractivity contribution in [2.45, 2.75) is 101 Å². The lowest BCUT2D eigenvalue weighted by atomic mass is 9.81. The van der Waals surface area contributed by atoms with Gasteiger partial charge in [0.15, 0.2) is 0 Å². The first kappa shape index (κ1) is 36.9. The van der Waals surface area contributed by atoms with Crippen molar-refractivity contribution in [3.8, 4) is 18.4 Å². The number of halogens is 2. The van der Waals surface area contributed by atoms with Crippen LogP contribution in [0.25, 0.3) is 0 Å². The highest BCUT2D eigenvalue weighted by molar-refractivity contribution is 5.87. The lowest BCUT2D eigenvalue weighted by molar-refractivity contribution is -0.129. The van der Waals surface area contributed by atoms with Crippen LogP contribution in [0.15, 0.2) is 49.3 Å². The SMILES string of the molecule is C#Cc1c(F)ccc2c1[C@H](N1CCc3c(nc(OC[C@]4(C)C[C@@H](F)CN4Cc4cccnc4)nc3NCC3(N(C)C(=O)C=C)CCCC3)C1)C[C@@H](O)C2. The Bertz CT molecular complexity index is 1880. The first-order chi connectivity index (χ1) is 25.5. The number of aliphatic hydroxyl groups excluding tert-OH is 1. The highest BCUT2D eigenvalue weighted by Crippen LogP contribution is 2.41. The topological polar surface area (TPSA) is 107 Å². The summed E-state index contributed by atoms with van der Waals surface area (Å²) >= 11 is 0. The summed E-state index contributed by atoms with van der Waals surface area (Å²) in [5, 5.41) is 14.5. The molecule has 0 spiro atoms. The highest BCUT2D eigenvalue weighted by atomic mass is 19.1. The van der Waals surface area contributed by atoms with Gasteiger partial charge in [0.25, 0.3) is 0 Å². The van der Waals surface area contributed by atoms with E-state index in [1.54, 1.807) is 23.4 Å². The molecule has 10 nitrogen and oxygen atoms in total. The van der Waals surface area contributed by atoms with Gasteiger partial charge in [0.1, 0.15) is 24.4 Å². The van der Waals surface area contributed by atoms with Gasteiger partial charge in [-0.25, -0.2) is 8.78 Å². The highest BCUT2D eigenvalue weighted by Gasteiger charge is 2.44. The van der Waals surface area contributed by atoms with Gasteiger partial charge in [0.2, 0.25) is 5.91 Å². The number of carbonyl (C=O) groups excluding carboxylic acids is 1. The fraction of sp³-hybridized carbons (Fsp3) is 0.512. The molecule has 12 heteroatoms. The lowest BCUT2D eigenvalue weighted by Crippen LogP contribution is -2.51. The average molecular weight is 726 g/mol. The molecule has 4 aliphatic rings. The summed E-state index contributed by atoms with van der Waals surface area (Å²) in [6.45, 7) is 8.21. The van der Waals surface area contributed by atoms with Crippen molar-refractivity contribution in [3.05, 3.63) is 88.6 Å². The Morgan fingerprint density at radius 3 is 2.83 bits per heavy atom. The molecular weight excluding hydrogens is 676 g/mol. The van der Waals surface area contributed by atoms with E-state index in [4.69, 9.17) is 21.1 Å². The molecule has 2 aromatic heterocycles. The van der Waals surface area contributed by atoms with Crippen LogP contribution in [0.1, 0.15) is 85.0 Å². The van der Waals surface area contributed by atoms with Gasteiger partial charge >= 0.3 is 6.01 Å². The molecule has 2 aliphatic heterocycles. The molecule has 0 unspecified atom stereocenters. The summed E-state index contributed by atoms with van der Waals surface area (Å²) in [7, 11) is 1.83. The van der Waals surface area contributed by atoms with E-state index in [1.165, 1.54) is 12.1 Å². The van der Waals surface area contributed by atoms with Crippen LogP contribution in [0.4, 0.5) is 14.6 Å². The Labute approximate surface area is 310 Å². The Kier molecular flexibility index (Phi) is 10.5. The Balaban J connectivity index is 1.20. The maximum absolute atomic E-state index is 15.0. The number of nitrogens with one attached hydrogen (secondary N) is 1. The standard InChI is InChI=1S/C41H49F2N7O3/c1-5-31-33(43)12-11-28-18-30(51)19-35(37(28)31)49-17-13-32-34(24-49)46-39(47-38(32)45-25-41(14-7-8-15-41)48(4)36(52)6-2)53-26-40(3)20-29(42)23-50(40)22-27-10-9-16-44-21-27/h1,6,9-12,16,21,29-30,35,51H,2,7-8,13-15,17-20,22-26H2,3-4H3,(H,45,46,47)/t29-,30+,35-,40+/m1/s1. The molecule has 2 fully saturated rings. The summed E-state index contributed by atoms with van der Waals surface area (Å²) in [5.74, 6) is 2.65. The maximum Gasteiger partial charge on any atom is 0.318 e. The maximum atomic E-state index is 15.0. The fourth-order valence-electron chi connectivity index (χ4n) is 9.04. The number of terminal acetylenes is 1. The number of fused-ring (bicyclic) bond motifs is 2. The van der Waals surface area contributed by atoms with E-state index in [9.17, 15) is 9.90 Å². The molecule has 280 valence electrons. The zero-order valence-corrected chi connectivity index (χ0v) is 30.7. The minimum Gasteiger partial charge on any atom is -0.461 e. The van der Waals surface area contributed by atoms with E-state index in [0.29, 0.717) is 57.7 Å². The van der Waals surface area contributed by atoms with Crippen molar-refractivity contribution in [1.29, 1.82) is 0 Å². The van der Waals surface area contributed by atoms with E-state index >= 15 is 8.78 Å². The molecule has 53 heavy (non-hydrogen) atoms. The quantitative estimate of drug-likeness (QED) is 0.205. The summed E-state index contributed by atoms with van der Waals surface area (Å²) in [4.78, 5) is 33.0. The zero-order valence-electron chi connectivity index (χ0n) is 30.7. The summed E-state index contributed by atoms with van der Waals surface area (Å²) in [6, 6.07) is 6.84. The van der Waals surface area contributed by atoms with Crippen LogP contribution in [0.2, 0.25) is 0 Å². The molecule has 4 heterocycles. The molecule has 2 aliphatic carbocycles. The number of anilines is 1.